The minimum atomic E-state index is -0.196. The van der Waals surface area contributed by atoms with E-state index >= 15 is 0 Å². The maximum absolute atomic E-state index is 12.9. The fourth-order valence-corrected chi connectivity index (χ4v) is 2.74. The molecule has 1 N–H and O–H groups in total. The summed E-state index contributed by atoms with van der Waals surface area (Å²) in [6.45, 7) is 4.29. The first-order valence-corrected chi connectivity index (χ1v) is 8.13. The fourth-order valence-electron chi connectivity index (χ4n) is 2.74. The summed E-state index contributed by atoms with van der Waals surface area (Å²) in [4.78, 5) is 12.9. The molecule has 0 aliphatic carbocycles. The van der Waals surface area contributed by atoms with Crippen LogP contribution in [0.4, 0.5) is 0 Å². The molecule has 2 aromatic carbocycles. The lowest BCUT2D eigenvalue weighted by atomic mass is 9.96. The third-order valence-corrected chi connectivity index (χ3v) is 3.87. The maximum Gasteiger partial charge on any atom is 0.259 e. The van der Waals surface area contributed by atoms with Gasteiger partial charge in [-0.25, -0.2) is 0 Å². The first kappa shape index (κ1) is 17.9. The van der Waals surface area contributed by atoms with Gasteiger partial charge in [0.2, 0.25) is 0 Å². The second-order valence-corrected chi connectivity index (χ2v) is 6.10. The van der Waals surface area contributed by atoms with E-state index in [4.69, 9.17) is 9.47 Å². The lowest BCUT2D eigenvalue weighted by Crippen LogP contribution is -2.30. The molecule has 0 bridgehead atoms. The molecule has 0 aliphatic heterocycles. The smallest absolute Gasteiger partial charge is 0.259 e. The molecule has 0 radical (unpaired) electrons. The molecule has 0 saturated carbocycles. The van der Waals surface area contributed by atoms with E-state index in [0.29, 0.717) is 23.0 Å². The molecule has 1 amide bonds. The average Bonchev–Trinajstić information content (AvgIpc) is 2.60. The van der Waals surface area contributed by atoms with Gasteiger partial charge in [-0.1, -0.05) is 50.2 Å². The highest BCUT2D eigenvalue weighted by Crippen LogP contribution is 2.29. The Morgan fingerprint density at radius 2 is 1.54 bits per heavy atom. The van der Waals surface area contributed by atoms with Crippen LogP contribution in [0, 0.1) is 5.92 Å². The maximum atomic E-state index is 12.9. The number of rotatable bonds is 7. The van der Waals surface area contributed by atoms with Crippen molar-refractivity contribution in [3.05, 3.63) is 59.7 Å². The monoisotopic (exact) mass is 327 g/mol. The zero-order valence-electron chi connectivity index (χ0n) is 14.7. The lowest BCUT2D eigenvalue weighted by molar-refractivity contribution is 0.0925. The molecule has 2 rings (SSSR count). The van der Waals surface area contributed by atoms with Crippen LogP contribution in [0.1, 0.15) is 42.2 Å². The van der Waals surface area contributed by atoms with Crippen LogP contribution in [0.25, 0.3) is 0 Å². The highest BCUT2D eigenvalue weighted by molar-refractivity contribution is 6.00. The van der Waals surface area contributed by atoms with E-state index in [1.54, 1.807) is 32.4 Å². The third kappa shape index (κ3) is 4.28. The van der Waals surface area contributed by atoms with Gasteiger partial charge in [0, 0.05) is 0 Å². The Labute approximate surface area is 143 Å². The highest BCUT2D eigenvalue weighted by atomic mass is 16.5. The molecule has 2 aromatic rings. The summed E-state index contributed by atoms with van der Waals surface area (Å²) in [5, 5.41) is 3.13. The first-order valence-electron chi connectivity index (χ1n) is 8.13. The summed E-state index contributed by atoms with van der Waals surface area (Å²) in [6.07, 6.45) is 0.854. The predicted molar refractivity (Wildman–Crippen MR) is 95.7 cm³/mol. The van der Waals surface area contributed by atoms with Gasteiger partial charge in [0.1, 0.15) is 17.1 Å². The van der Waals surface area contributed by atoms with Gasteiger partial charge in [-0.3, -0.25) is 4.79 Å². The van der Waals surface area contributed by atoms with E-state index in [1.807, 2.05) is 30.3 Å². The van der Waals surface area contributed by atoms with Crippen molar-refractivity contribution < 1.29 is 14.3 Å². The van der Waals surface area contributed by atoms with Crippen molar-refractivity contribution in [2.24, 2.45) is 5.92 Å². The lowest BCUT2D eigenvalue weighted by Gasteiger charge is -2.22. The van der Waals surface area contributed by atoms with Crippen LogP contribution in [0.3, 0.4) is 0 Å². The second-order valence-electron chi connectivity index (χ2n) is 6.10. The van der Waals surface area contributed by atoms with Crippen LogP contribution < -0.4 is 14.8 Å². The van der Waals surface area contributed by atoms with Gasteiger partial charge in [0.25, 0.3) is 5.91 Å². The average molecular weight is 327 g/mol. The second kappa shape index (κ2) is 8.39. The van der Waals surface area contributed by atoms with E-state index in [0.717, 1.165) is 12.0 Å². The molecule has 128 valence electrons. The van der Waals surface area contributed by atoms with Crippen molar-refractivity contribution in [2.75, 3.05) is 14.2 Å². The Morgan fingerprint density at radius 1 is 0.958 bits per heavy atom. The minimum Gasteiger partial charge on any atom is -0.496 e. The summed E-state index contributed by atoms with van der Waals surface area (Å²) < 4.78 is 10.7. The van der Waals surface area contributed by atoms with Gasteiger partial charge in [-0.05, 0) is 30.0 Å². The van der Waals surface area contributed by atoms with Gasteiger partial charge < -0.3 is 14.8 Å². The number of carbonyl (C=O) groups is 1. The predicted octanol–water partition coefficient (Wildman–Crippen LogP) is 4.22. The van der Waals surface area contributed by atoms with Gasteiger partial charge in [0.15, 0.2) is 0 Å². The van der Waals surface area contributed by atoms with Crippen molar-refractivity contribution in [1.29, 1.82) is 0 Å². The standard InChI is InChI=1S/C20H25NO3/c1-14(2)13-16(15-9-6-5-7-10-15)21-20(22)19-17(23-3)11-8-12-18(19)24-4/h5-12,14,16H,13H2,1-4H3,(H,21,22)/t16-/m0/s1. The normalized spacial score (nSPS) is 11.9. The quantitative estimate of drug-likeness (QED) is 0.828. The van der Waals surface area contributed by atoms with Crippen molar-refractivity contribution in [3.8, 4) is 11.5 Å². The molecule has 0 spiro atoms. The molecular weight excluding hydrogens is 302 g/mol. The molecular formula is C20H25NO3. The summed E-state index contributed by atoms with van der Waals surface area (Å²) in [7, 11) is 3.10. The van der Waals surface area contributed by atoms with Crippen LogP contribution in [0.2, 0.25) is 0 Å². The van der Waals surface area contributed by atoms with E-state index in [9.17, 15) is 4.79 Å². The Bertz CT molecular complexity index is 646. The molecule has 0 aromatic heterocycles. The van der Waals surface area contributed by atoms with Crippen LogP contribution >= 0.6 is 0 Å². The van der Waals surface area contributed by atoms with E-state index < -0.39 is 0 Å². The molecule has 1 atom stereocenters. The molecule has 4 nitrogen and oxygen atoms in total. The SMILES string of the molecule is COc1cccc(OC)c1C(=O)N[C@@H](CC(C)C)c1ccccc1. The number of nitrogens with one attached hydrogen (secondary N) is 1. The Hall–Kier alpha value is -2.49. The fraction of sp³-hybridized carbons (Fsp3) is 0.350. The van der Waals surface area contributed by atoms with Crippen molar-refractivity contribution in [3.63, 3.8) is 0 Å². The number of amides is 1. The Kier molecular flexibility index (Phi) is 6.24. The summed E-state index contributed by atoms with van der Waals surface area (Å²) >= 11 is 0. The third-order valence-electron chi connectivity index (χ3n) is 3.87. The molecule has 0 fully saturated rings. The number of ether oxygens (including phenoxy) is 2. The molecule has 0 heterocycles. The molecule has 0 aliphatic rings. The van der Waals surface area contributed by atoms with E-state index in [2.05, 4.69) is 19.2 Å². The van der Waals surface area contributed by atoms with Gasteiger partial charge >= 0.3 is 0 Å². The molecule has 24 heavy (non-hydrogen) atoms. The topological polar surface area (TPSA) is 47.6 Å². The van der Waals surface area contributed by atoms with Crippen LogP contribution in [-0.4, -0.2) is 20.1 Å². The summed E-state index contributed by atoms with van der Waals surface area (Å²) in [5.74, 6) is 1.26. The van der Waals surface area contributed by atoms with Crippen LogP contribution in [-0.2, 0) is 0 Å². The zero-order valence-corrected chi connectivity index (χ0v) is 14.7. The number of benzene rings is 2. The molecule has 0 unspecified atom stereocenters. The Balaban J connectivity index is 2.31. The van der Waals surface area contributed by atoms with Crippen molar-refractivity contribution in [1.82, 2.24) is 5.32 Å². The van der Waals surface area contributed by atoms with Gasteiger partial charge in [0.05, 0.1) is 20.3 Å². The number of methoxy groups -OCH3 is 2. The first-order chi connectivity index (χ1) is 11.6. The largest absolute Gasteiger partial charge is 0.496 e. The van der Waals surface area contributed by atoms with Gasteiger partial charge in [-0.15, -0.1) is 0 Å². The number of carbonyl (C=O) groups excluding carboxylic acids is 1. The summed E-state index contributed by atoms with van der Waals surface area (Å²) in [5.41, 5.74) is 1.51. The Morgan fingerprint density at radius 3 is 2.04 bits per heavy atom. The van der Waals surface area contributed by atoms with Crippen LogP contribution in [0.15, 0.2) is 48.5 Å². The van der Waals surface area contributed by atoms with E-state index in [1.165, 1.54) is 0 Å². The highest BCUT2D eigenvalue weighted by Gasteiger charge is 2.22. The van der Waals surface area contributed by atoms with Crippen molar-refractivity contribution in [2.45, 2.75) is 26.3 Å². The van der Waals surface area contributed by atoms with E-state index in [-0.39, 0.29) is 11.9 Å². The summed E-state index contributed by atoms with van der Waals surface area (Å²) in [6, 6.07) is 15.3. The minimum absolute atomic E-state index is 0.0617. The van der Waals surface area contributed by atoms with Crippen LogP contribution in [0.5, 0.6) is 11.5 Å². The number of hydrogen-bond donors (Lipinski definition) is 1. The molecule has 0 saturated heterocycles. The van der Waals surface area contributed by atoms with Gasteiger partial charge in [-0.2, -0.15) is 0 Å². The van der Waals surface area contributed by atoms with Crippen molar-refractivity contribution >= 4 is 5.91 Å². The zero-order chi connectivity index (χ0) is 17.5. The number of hydrogen-bond acceptors (Lipinski definition) is 3. The molecule has 4 heteroatoms.